The number of rotatable bonds is 4. The molecule has 0 unspecified atom stereocenters. The predicted molar refractivity (Wildman–Crippen MR) is 75.2 cm³/mol. The molecule has 5 nitrogen and oxygen atoms in total. The van der Waals surface area contributed by atoms with Gasteiger partial charge in [-0.15, -0.1) is 0 Å². The highest BCUT2D eigenvalue weighted by Crippen LogP contribution is 2.18. The summed E-state index contributed by atoms with van der Waals surface area (Å²) < 4.78 is 0. The summed E-state index contributed by atoms with van der Waals surface area (Å²) >= 11 is 0. The summed E-state index contributed by atoms with van der Waals surface area (Å²) in [4.78, 5) is 30.5. The number of carbonyl (C=O) groups excluding carboxylic acids is 1. The zero-order valence-electron chi connectivity index (χ0n) is 10.9. The van der Waals surface area contributed by atoms with E-state index in [2.05, 4.69) is 15.3 Å². The first-order chi connectivity index (χ1) is 9.70. The van der Waals surface area contributed by atoms with Gasteiger partial charge < -0.3 is 10.3 Å². The van der Waals surface area contributed by atoms with Gasteiger partial charge in [-0.2, -0.15) is 0 Å². The largest absolute Gasteiger partial charge is 0.353 e. The molecule has 0 bridgehead atoms. The van der Waals surface area contributed by atoms with Crippen molar-refractivity contribution in [3.8, 4) is 11.4 Å². The number of H-pyrrole nitrogens is 1. The molecule has 102 valence electrons. The van der Waals surface area contributed by atoms with Crippen LogP contribution in [0, 0.1) is 0 Å². The van der Waals surface area contributed by atoms with E-state index in [-0.39, 0.29) is 17.9 Å². The third-order valence-corrected chi connectivity index (χ3v) is 3.13. The van der Waals surface area contributed by atoms with Crippen molar-refractivity contribution in [2.75, 3.05) is 0 Å². The Kier molecular flexibility index (Phi) is 3.33. The molecule has 20 heavy (non-hydrogen) atoms. The maximum atomic E-state index is 11.8. The van der Waals surface area contributed by atoms with Crippen LogP contribution in [0.3, 0.4) is 0 Å². The molecular weight excluding hydrogens is 254 g/mol. The fourth-order valence-electron chi connectivity index (χ4n) is 2.00. The first-order valence-electron chi connectivity index (χ1n) is 6.66. The summed E-state index contributed by atoms with van der Waals surface area (Å²) in [7, 11) is 0. The molecule has 1 saturated carbocycles. The normalized spacial score (nSPS) is 14.0. The highest BCUT2D eigenvalue weighted by atomic mass is 16.1. The molecule has 1 amide bonds. The van der Waals surface area contributed by atoms with E-state index in [0.29, 0.717) is 17.6 Å². The lowest BCUT2D eigenvalue weighted by Gasteiger charge is -2.05. The molecule has 0 atom stereocenters. The van der Waals surface area contributed by atoms with Gasteiger partial charge in [-0.3, -0.25) is 9.59 Å². The number of carbonyl (C=O) groups is 1. The molecule has 1 aliphatic carbocycles. The van der Waals surface area contributed by atoms with E-state index < -0.39 is 0 Å². The van der Waals surface area contributed by atoms with Crippen LogP contribution in [0.4, 0.5) is 0 Å². The fraction of sp³-hybridized carbons (Fsp3) is 0.267. The average Bonchev–Trinajstić information content (AvgIpc) is 3.23. The summed E-state index contributed by atoms with van der Waals surface area (Å²) in [6.45, 7) is 0. The fourth-order valence-corrected chi connectivity index (χ4v) is 2.00. The Balaban J connectivity index is 1.83. The first kappa shape index (κ1) is 12.6. The smallest absolute Gasteiger partial charge is 0.251 e. The Bertz CT molecular complexity index is 675. The minimum atomic E-state index is -0.243. The Labute approximate surface area is 116 Å². The van der Waals surface area contributed by atoms with Crippen LogP contribution in [-0.4, -0.2) is 21.9 Å². The van der Waals surface area contributed by atoms with Gasteiger partial charge >= 0.3 is 0 Å². The maximum absolute atomic E-state index is 11.8. The minimum absolute atomic E-state index is 0.0791. The summed E-state index contributed by atoms with van der Waals surface area (Å²) in [5.41, 5.74) is 1.08. The van der Waals surface area contributed by atoms with Gasteiger partial charge in [0, 0.05) is 17.7 Å². The summed E-state index contributed by atoms with van der Waals surface area (Å²) in [6, 6.07) is 11.1. The van der Waals surface area contributed by atoms with E-state index in [1.165, 1.54) is 6.07 Å². The lowest BCUT2D eigenvalue weighted by Crippen LogP contribution is -2.28. The van der Waals surface area contributed by atoms with Gasteiger partial charge in [0.15, 0.2) is 0 Å². The molecule has 1 fully saturated rings. The number of aromatic amines is 1. The molecule has 0 spiro atoms. The molecule has 1 heterocycles. The monoisotopic (exact) mass is 269 g/mol. The van der Waals surface area contributed by atoms with Crippen molar-refractivity contribution in [2.24, 2.45) is 0 Å². The molecule has 1 aromatic heterocycles. The first-order valence-corrected chi connectivity index (χ1v) is 6.66. The van der Waals surface area contributed by atoms with Gasteiger partial charge in [0.2, 0.25) is 5.91 Å². The molecule has 2 N–H and O–H groups in total. The molecule has 1 aromatic carbocycles. The van der Waals surface area contributed by atoms with Crippen LogP contribution in [0.1, 0.15) is 18.5 Å². The van der Waals surface area contributed by atoms with Gasteiger partial charge in [-0.05, 0) is 12.8 Å². The van der Waals surface area contributed by atoms with Crippen molar-refractivity contribution in [3.05, 3.63) is 52.4 Å². The second kappa shape index (κ2) is 5.28. The van der Waals surface area contributed by atoms with E-state index >= 15 is 0 Å². The quantitative estimate of drug-likeness (QED) is 0.877. The summed E-state index contributed by atoms with van der Waals surface area (Å²) in [5.74, 6) is 0.414. The van der Waals surface area contributed by atoms with Crippen LogP contribution in [0.25, 0.3) is 11.4 Å². The molecule has 1 aliphatic rings. The number of hydrogen-bond donors (Lipinski definition) is 2. The number of amides is 1. The lowest BCUT2D eigenvalue weighted by molar-refractivity contribution is -0.120. The van der Waals surface area contributed by atoms with Crippen molar-refractivity contribution < 1.29 is 4.79 Å². The Morgan fingerprint density at radius 2 is 2.05 bits per heavy atom. The van der Waals surface area contributed by atoms with Gasteiger partial charge in [0.25, 0.3) is 5.56 Å². The molecule has 3 rings (SSSR count). The third kappa shape index (κ3) is 3.12. The van der Waals surface area contributed by atoms with Gasteiger partial charge in [-0.25, -0.2) is 4.98 Å². The Morgan fingerprint density at radius 3 is 2.75 bits per heavy atom. The zero-order valence-corrected chi connectivity index (χ0v) is 10.9. The number of aromatic nitrogens is 2. The topological polar surface area (TPSA) is 74.8 Å². The van der Waals surface area contributed by atoms with Crippen molar-refractivity contribution in [1.29, 1.82) is 0 Å². The van der Waals surface area contributed by atoms with Crippen molar-refractivity contribution in [3.63, 3.8) is 0 Å². The Morgan fingerprint density at radius 1 is 1.30 bits per heavy atom. The molecular formula is C15H15N3O2. The van der Waals surface area contributed by atoms with Crippen LogP contribution >= 0.6 is 0 Å². The van der Waals surface area contributed by atoms with E-state index in [9.17, 15) is 9.59 Å². The molecule has 2 aromatic rings. The molecule has 5 heteroatoms. The molecule has 0 radical (unpaired) electrons. The van der Waals surface area contributed by atoms with Crippen LogP contribution in [0.2, 0.25) is 0 Å². The van der Waals surface area contributed by atoms with Crippen molar-refractivity contribution in [1.82, 2.24) is 15.3 Å². The zero-order chi connectivity index (χ0) is 13.9. The molecule has 0 aliphatic heterocycles. The van der Waals surface area contributed by atoms with E-state index in [0.717, 1.165) is 18.4 Å². The minimum Gasteiger partial charge on any atom is -0.353 e. The number of hydrogen-bond acceptors (Lipinski definition) is 3. The number of nitrogens with one attached hydrogen (secondary N) is 2. The van der Waals surface area contributed by atoms with E-state index in [4.69, 9.17) is 0 Å². The van der Waals surface area contributed by atoms with Crippen LogP contribution in [-0.2, 0) is 11.2 Å². The summed E-state index contributed by atoms with van der Waals surface area (Å²) in [5, 5.41) is 2.89. The Hall–Kier alpha value is -2.43. The van der Waals surface area contributed by atoms with Crippen LogP contribution in [0.15, 0.2) is 41.2 Å². The molecule has 0 saturated heterocycles. The third-order valence-electron chi connectivity index (χ3n) is 3.13. The lowest BCUT2D eigenvalue weighted by atomic mass is 10.2. The van der Waals surface area contributed by atoms with E-state index in [1.807, 2.05) is 30.3 Å². The highest BCUT2D eigenvalue weighted by Gasteiger charge is 2.23. The number of benzene rings is 1. The SMILES string of the molecule is O=C(Cc1cc(=O)[nH]c(-c2ccccc2)n1)NC1CC1. The second-order valence-corrected chi connectivity index (χ2v) is 4.97. The standard InChI is InChI=1S/C15H15N3O2/c19-13(16-11-6-7-11)8-12-9-14(20)18-15(17-12)10-4-2-1-3-5-10/h1-5,9,11H,6-8H2,(H,16,19)(H,17,18,20). The predicted octanol–water partition coefficient (Wildman–Crippen LogP) is 1.26. The van der Waals surface area contributed by atoms with E-state index in [1.54, 1.807) is 0 Å². The second-order valence-electron chi connectivity index (χ2n) is 4.97. The van der Waals surface area contributed by atoms with Crippen LogP contribution in [0.5, 0.6) is 0 Å². The van der Waals surface area contributed by atoms with Gasteiger partial charge in [0.1, 0.15) is 5.82 Å². The van der Waals surface area contributed by atoms with Gasteiger partial charge in [0.05, 0.1) is 12.1 Å². The van der Waals surface area contributed by atoms with Crippen molar-refractivity contribution in [2.45, 2.75) is 25.3 Å². The number of nitrogens with zero attached hydrogens (tertiary/aromatic N) is 1. The summed E-state index contributed by atoms with van der Waals surface area (Å²) in [6.07, 6.45) is 2.23. The van der Waals surface area contributed by atoms with Gasteiger partial charge in [-0.1, -0.05) is 30.3 Å². The average molecular weight is 269 g/mol. The van der Waals surface area contributed by atoms with Crippen molar-refractivity contribution >= 4 is 5.91 Å². The maximum Gasteiger partial charge on any atom is 0.251 e. The van der Waals surface area contributed by atoms with Crippen LogP contribution < -0.4 is 10.9 Å². The highest BCUT2D eigenvalue weighted by molar-refractivity contribution is 5.78.